The van der Waals surface area contributed by atoms with E-state index in [2.05, 4.69) is 0 Å². The van der Waals surface area contributed by atoms with E-state index in [1.807, 2.05) is 66.7 Å². The predicted molar refractivity (Wildman–Crippen MR) is 90.8 cm³/mol. The largest absolute Gasteiger partial charge is 0.294 e. The Morgan fingerprint density at radius 3 is 2.27 bits per heavy atom. The highest BCUT2D eigenvalue weighted by Crippen LogP contribution is 2.26. The molecule has 0 saturated heterocycles. The van der Waals surface area contributed by atoms with Crippen LogP contribution in [0.25, 0.3) is 10.8 Å². The normalized spacial score (nSPS) is 12.2. The van der Waals surface area contributed by atoms with Crippen molar-refractivity contribution < 1.29 is 9.00 Å². The number of hydrogen-bond donors (Lipinski definition) is 0. The maximum Gasteiger partial charge on any atom is 0.167 e. The topological polar surface area (TPSA) is 34.1 Å². The lowest BCUT2D eigenvalue weighted by Gasteiger charge is -2.10. The van der Waals surface area contributed by atoms with Gasteiger partial charge >= 0.3 is 0 Å². The van der Waals surface area contributed by atoms with Crippen molar-refractivity contribution in [2.75, 3.05) is 6.26 Å². The highest BCUT2D eigenvalue weighted by molar-refractivity contribution is 7.84. The van der Waals surface area contributed by atoms with E-state index >= 15 is 0 Å². The quantitative estimate of drug-likeness (QED) is 0.683. The second kappa shape index (κ2) is 6.24. The summed E-state index contributed by atoms with van der Waals surface area (Å²) in [7, 11) is -1.08. The second-order valence-corrected chi connectivity index (χ2v) is 6.54. The molecule has 0 aliphatic carbocycles. The third-order valence-corrected chi connectivity index (χ3v) is 4.67. The highest BCUT2D eigenvalue weighted by Gasteiger charge is 2.13. The maximum atomic E-state index is 12.5. The molecule has 0 amide bonds. The fourth-order valence-corrected chi connectivity index (χ4v) is 3.47. The first-order valence-corrected chi connectivity index (χ1v) is 8.65. The predicted octanol–water partition coefficient (Wildman–Crippen LogP) is 4.00. The van der Waals surface area contributed by atoms with Crippen LogP contribution in [0, 0.1) is 0 Å². The number of hydrogen-bond acceptors (Lipinski definition) is 2. The Hall–Kier alpha value is -2.26. The van der Waals surface area contributed by atoms with Gasteiger partial charge in [0, 0.05) is 28.5 Å². The van der Waals surface area contributed by atoms with Gasteiger partial charge in [0.05, 0.1) is 10.8 Å². The van der Waals surface area contributed by atoms with Crippen LogP contribution < -0.4 is 0 Å². The van der Waals surface area contributed by atoms with Crippen molar-refractivity contribution >= 4 is 27.4 Å². The SMILES string of the molecule is CS(=O)c1cccc2cccc(CC(=O)c3ccccc3)c12. The standard InChI is InChI=1S/C19H16O2S/c1-22(21)18-12-6-10-15-9-5-11-16(19(15)18)13-17(20)14-7-3-2-4-8-14/h2-12H,13H2,1H3. The number of carbonyl (C=O) groups is 1. The first kappa shape index (κ1) is 14.7. The van der Waals surface area contributed by atoms with Gasteiger partial charge in [-0.2, -0.15) is 0 Å². The van der Waals surface area contributed by atoms with Crippen molar-refractivity contribution in [3.05, 3.63) is 77.9 Å². The first-order chi connectivity index (χ1) is 10.7. The van der Waals surface area contributed by atoms with E-state index < -0.39 is 10.8 Å². The Kier molecular flexibility index (Phi) is 4.16. The molecule has 3 heteroatoms. The van der Waals surface area contributed by atoms with Crippen molar-refractivity contribution in [2.45, 2.75) is 11.3 Å². The molecule has 0 bridgehead atoms. The third-order valence-electron chi connectivity index (χ3n) is 3.71. The van der Waals surface area contributed by atoms with Crippen LogP contribution in [0.3, 0.4) is 0 Å². The zero-order valence-electron chi connectivity index (χ0n) is 12.3. The molecule has 3 aromatic rings. The Morgan fingerprint density at radius 2 is 1.59 bits per heavy atom. The minimum absolute atomic E-state index is 0.0739. The summed E-state index contributed by atoms with van der Waals surface area (Å²) in [5.74, 6) is 0.0739. The lowest BCUT2D eigenvalue weighted by Crippen LogP contribution is -2.04. The van der Waals surface area contributed by atoms with Gasteiger partial charge in [0.1, 0.15) is 0 Å². The minimum Gasteiger partial charge on any atom is -0.294 e. The van der Waals surface area contributed by atoms with Gasteiger partial charge in [-0.05, 0) is 17.0 Å². The van der Waals surface area contributed by atoms with Gasteiger partial charge in [-0.15, -0.1) is 0 Å². The molecular weight excluding hydrogens is 292 g/mol. The molecule has 1 unspecified atom stereocenters. The van der Waals surface area contributed by atoms with Crippen LogP contribution in [0.2, 0.25) is 0 Å². The molecule has 0 aromatic heterocycles. The molecule has 0 fully saturated rings. The monoisotopic (exact) mass is 308 g/mol. The summed E-state index contributed by atoms with van der Waals surface area (Å²) < 4.78 is 12.0. The molecule has 110 valence electrons. The number of carbonyl (C=O) groups excluding carboxylic acids is 1. The Bertz CT molecular complexity index is 848. The average Bonchev–Trinajstić information content (AvgIpc) is 2.55. The molecular formula is C19H16O2S. The molecule has 0 saturated carbocycles. The number of rotatable bonds is 4. The Balaban J connectivity index is 2.08. The summed E-state index contributed by atoms with van der Waals surface area (Å²) in [6.07, 6.45) is 1.99. The molecule has 0 aliphatic rings. The maximum absolute atomic E-state index is 12.5. The average molecular weight is 308 g/mol. The van der Waals surface area contributed by atoms with Crippen LogP contribution in [0.1, 0.15) is 15.9 Å². The molecule has 3 rings (SSSR count). The molecule has 0 N–H and O–H groups in total. The zero-order valence-corrected chi connectivity index (χ0v) is 13.1. The molecule has 0 radical (unpaired) electrons. The van der Waals surface area contributed by atoms with E-state index in [0.29, 0.717) is 12.0 Å². The van der Waals surface area contributed by atoms with Gasteiger partial charge in [-0.1, -0.05) is 60.7 Å². The summed E-state index contributed by atoms with van der Waals surface area (Å²) >= 11 is 0. The number of fused-ring (bicyclic) bond motifs is 1. The van der Waals surface area contributed by atoms with Gasteiger partial charge in [-0.3, -0.25) is 9.00 Å². The van der Waals surface area contributed by atoms with Gasteiger partial charge in [0.15, 0.2) is 5.78 Å². The molecule has 2 nitrogen and oxygen atoms in total. The molecule has 0 spiro atoms. The fourth-order valence-electron chi connectivity index (χ4n) is 2.67. The summed E-state index contributed by atoms with van der Waals surface area (Å²) in [6, 6.07) is 20.9. The first-order valence-electron chi connectivity index (χ1n) is 7.09. The van der Waals surface area contributed by atoms with E-state index in [9.17, 15) is 9.00 Å². The number of benzene rings is 3. The second-order valence-electron chi connectivity index (χ2n) is 5.19. The van der Waals surface area contributed by atoms with Gasteiger partial charge in [-0.25, -0.2) is 0 Å². The van der Waals surface area contributed by atoms with E-state index in [1.165, 1.54) is 0 Å². The Labute approximate surface area is 132 Å². The Morgan fingerprint density at radius 1 is 0.909 bits per heavy atom. The fraction of sp³-hybridized carbons (Fsp3) is 0.105. The summed E-state index contributed by atoms with van der Waals surface area (Å²) in [5, 5.41) is 1.96. The number of Topliss-reactive ketones (excluding diaryl/α,β-unsaturated/α-hetero) is 1. The molecule has 0 heterocycles. The highest BCUT2D eigenvalue weighted by atomic mass is 32.2. The summed E-state index contributed by atoms with van der Waals surface area (Å²) in [4.78, 5) is 13.2. The lowest BCUT2D eigenvalue weighted by molar-refractivity contribution is 0.0993. The van der Waals surface area contributed by atoms with E-state index in [1.54, 1.807) is 6.26 Å². The third kappa shape index (κ3) is 2.85. The van der Waals surface area contributed by atoms with Crippen LogP contribution in [-0.4, -0.2) is 16.2 Å². The van der Waals surface area contributed by atoms with Crippen molar-refractivity contribution in [1.82, 2.24) is 0 Å². The van der Waals surface area contributed by atoms with E-state index in [0.717, 1.165) is 21.2 Å². The molecule has 3 aromatic carbocycles. The van der Waals surface area contributed by atoms with Crippen molar-refractivity contribution in [1.29, 1.82) is 0 Å². The van der Waals surface area contributed by atoms with Gasteiger partial charge in [0.2, 0.25) is 0 Å². The van der Waals surface area contributed by atoms with Crippen molar-refractivity contribution in [3.8, 4) is 0 Å². The van der Waals surface area contributed by atoms with Crippen LogP contribution in [-0.2, 0) is 17.2 Å². The number of ketones is 1. The molecule has 22 heavy (non-hydrogen) atoms. The van der Waals surface area contributed by atoms with Gasteiger partial charge < -0.3 is 0 Å². The lowest BCUT2D eigenvalue weighted by atomic mass is 9.98. The van der Waals surface area contributed by atoms with E-state index in [-0.39, 0.29) is 5.78 Å². The summed E-state index contributed by atoms with van der Waals surface area (Å²) in [5.41, 5.74) is 1.63. The van der Waals surface area contributed by atoms with Gasteiger partial charge in [0.25, 0.3) is 0 Å². The summed E-state index contributed by atoms with van der Waals surface area (Å²) in [6.45, 7) is 0. The zero-order chi connectivity index (χ0) is 15.5. The van der Waals surface area contributed by atoms with Crippen LogP contribution in [0.15, 0.2) is 71.6 Å². The minimum atomic E-state index is -1.08. The van der Waals surface area contributed by atoms with Crippen molar-refractivity contribution in [3.63, 3.8) is 0 Å². The van der Waals surface area contributed by atoms with Crippen LogP contribution in [0.5, 0.6) is 0 Å². The smallest absolute Gasteiger partial charge is 0.167 e. The van der Waals surface area contributed by atoms with Crippen LogP contribution >= 0.6 is 0 Å². The van der Waals surface area contributed by atoms with E-state index in [4.69, 9.17) is 0 Å². The molecule has 1 atom stereocenters. The van der Waals surface area contributed by atoms with Crippen LogP contribution in [0.4, 0.5) is 0 Å². The van der Waals surface area contributed by atoms with Crippen molar-refractivity contribution in [2.24, 2.45) is 0 Å². The molecule has 0 aliphatic heterocycles.